The molecule has 3 aliphatic rings. The Morgan fingerprint density at radius 2 is 1.71 bits per heavy atom. The Hall–Kier alpha value is -3.39. The highest BCUT2D eigenvalue weighted by molar-refractivity contribution is 5.91. The van der Waals surface area contributed by atoms with E-state index in [9.17, 15) is 29.7 Å². The number of Topliss-reactive ketones (excluding diaryl/α,β-unsaturated/α-hetero) is 1. The summed E-state index contributed by atoms with van der Waals surface area (Å²) in [6.07, 6.45) is 2.76. The molecule has 0 spiro atoms. The topological polar surface area (TPSA) is 124 Å². The van der Waals surface area contributed by atoms with Crippen LogP contribution in [0.15, 0.2) is 48.5 Å². The average molecular weight is 578 g/mol. The summed E-state index contributed by atoms with van der Waals surface area (Å²) in [5.41, 5.74) is 1.39. The smallest absolute Gasteiger partial charge is 0.329 e. The maximum absolute atomic E-state index is 14.0. The summed E-state index contributed by atoms with van der Waals surface area (Å²) in [5, 5.41) is 30.1. The van der Waals surface area contributed by atoms with Crippen LogP contribution in [0.3, 0.4) is 0 Å². The summed E-state index contributed by atoms with van der Waals surface area (Å²) in [6, 6.07) is 12.9. The molecule has 2 aromatic rings. The Morgan fingerprint density at radius 3 is 2.36 bits per heavy atom. The summed E-state index contributed by atoms with van der Waals surface area (Å²) >= 11 is 0. The Bertz CT molecular complexity index is 1320. The maximum Gasteiger partial charge on any atom is 0.329 e. The standard InChI is InChI=1S/C34H43NO7/c1-33(2)24-13-14-34(33,3)30(20-24)42-32(41)25-10-7-15-35(25)31(40)23(16-21-8-5-4-6-9-21)19-29(39)28(38)18-22-11-12-26(36)27(37)17-22/h4-6,8-9,11-12,17,23-25,28,30,36-38H,7,10,13-16,18-20H2,1-3H3. The van der Waals surface area contributed by atoms with E-state index in [4.69, 9.17) is 4.74 Å². The van der Waals surface area contributed by atoms with Crippen LogP contribution in [-0.4, -0.2) is 62.7 Å². The Labute approximate surface area is 247 Å². The number of ether oxygens (including phenoxy) is 1. The van der Waals surface area contributed by atoms with Crippen molar-refractivity contribution in [2.24, 2.45) is 22.7 Å². The SMILES string of the molecule is CC1(C)C2CCC1(C)C(OC(=O)C1CCCN1C(=O)C(CC(=O)C(O)Cc1ccc(O)c(O)c1)Cc1ccccc1)C2. The number of fused-ring (bicyclic) bond motifs is 2. The Balaban J connectivity index is 1.29. The predicted molar refractivity (Wildman–Crippen MR) is 157 cm³/mol. The minimum atomic E-state index is -1.39. The molecule has 5 rings (SSSR count). The molecular weight excluding hydrogens is 534 g/mol. The highest BCUT2D eigenvalue weighted by Crippen LogP contribution is 2.66. The van der Waals surface area contributed by atoms with Crippen LogP contribution in [0.5, 0.6) is 11.5 Å². The zero-order valence-electron chi connectivity index (χ0n) is 24.8. The first-order chi connectivity index (χ1) is 19.9. The fourth-order valence-corrected chi connectivity index (χ4v) is 7.59. The number of hydrogen-bond donors (Lipinski definition) is 3. The molecule has 2 aliphatic carbocycles. The number of carbonyl (C=O) groups is 3. The molecule has 0 radical (unpaired) electrons. The third-order valence-corrected chi connectivity index (χ3v) is 10.7. The third-order valence-electron chi connectivity index (χ3n) is 10.7. The lowest BCUT2D eigenvalue weighted by Gasteiger charge is -2.39. The van der Waals surface area contributed by atoms with Gasteiger partial charge in [-0.3, -0.25) is 9.59 Å². The predicted octanol–water partition coefficient (Wildman–Crippen LogP) is 4.57. The van der Waals surface area contributed by atoms with Crippen molar-refractivity contribution in [1.82, 2.24) is 4.90 Å². The van der Waals surface area contributed by atoms with Crippen LogP contribution in [0.25, 0.3) is 0 Å². The third kappa shape index (κ3) is 5.65. The summed E-state index contributed by atoms with van der Waals surface area (Å²) in [5.74, 6) is -1.97. The molecular formula is C34H43NO7. The second kappa shape index (κ2) is 11.7. The van der Waals surface area contributed by atoms with E-state index in [0.29, 0.717) is 37.3 Å². The molecule has 42 heavy (non-hydrogen) atoms. The van der Waals surface area contributed by atoms with E-state index in [1.165, 1.54) is 18.2 Å². The van der Waals surface area contributed by atoms with Crippen molar-refractivity contribution in [2.45, 2.75) is 90.4 Å². The fraction of sp³-hybridized carbons (Fsp3) is 0.559. The molecule has 226 valence electrons. The molecule has 1 amide bonds. The van der Waals surface area contributed by atoms with E-state index in [1.54, 1.807) is 4.90 Å². The number of phenolic OH excluding ortho intramolecular Hbond substituents is 2. The summed E-state index contributed by atoms with van der Waals surface area (Å²) in [7, 11) is 0. The highest BCUT2D eigenvalue weighted by atomic mass is 16.5. The number of amides is 1. The van der Waals surface area contributed by atoms with E-state index in [0.717, 1.165) is 24.8 Å². The van der Waals surface area contributed by atoms with Crippen molar-refractivity contribution >= 4 is 17.7 Å². The van der Waals surface area contributed by atoms with Gasteiger partial charge in [-0.05, 0) is 73.1 Å². The number of ketones is 1. The van der Waals surface area contributed by atoms with Gasteiger partial charge in [-0.15, -0.1) is 0 Å². The molecule has 2 aromatic carbocycles. The first kappa shape index (κ1) is 30.1. The van der Waals surface area contributed by atoms with Crippen LogP contribution < -0.4 is 0 Å². The number of hydrogen-bond acceptors (Lipinski definition) is 7. The Kier molecular flexibility index (Phi) is 8.39. The van der Waals surface area contributed by atoms with E-state index >= 15 is 0 Å². The quantitative estimate of drug-likeness (QED) is 0.279. The maximum atomic E-state index is 14.0. The second-order valence-electron chi connectivity index (χ2n) is 13.3. The number of aliphatic hydroxyl groups excluding tert-OH is 1. The monoisotopic (exact) mass is 577 g/mol. The number of esters is 1. The number of rotatable bonds is 10. The van der Waals surface area contributed by atoms with E-state index in [2.05, 4.69) is 20.8 Å². The van der Waals surface area contributed by atoms with Gasteiger partial charge >= 0.3 is 5.97 Å². The van der Waals surface area contributed by atoms with Crippen molar-refractivity contribution in [1.29, 1.82) is 0 Å². The lowest BCUT2D eigenvalue weighted by atomic mass is 9.70. The number of phenols is 2. The van der Waals surface area contributed by atoms with Crippen molar-refractivity contribution in [2.75, 3.05) is 6.54 Å². The Morgan fingerprint density at radius 1 is 0.976 bits per heavy atom. The van der Waals surface area contributed by atoms with Gasteiger partial charge in [0, 0.05) is 30.7 Å². The largest absolute Gasteiger partial charge is 0.504 e. The van der Waals surface area contributed by atoms with Gasteiger partial charge in [0.25, 0.3) is 0 Å². The molecule has 3 N–H and O–H groups in total. The lowest BCUT2D eigenvalue weighted by Crippen LogP contribution is -2.47. The van der Waals surface area contributed by atoms with Crippen LogP contribution in [0.4, 0.5) is 0 Å². The normalized spacial score (nSPS) is 27.5. The van der Waals surface area contributed by atoms with Crippen LogP contribution in [0, 0.1) is 22.7 Å². The molecule has 8 nitrogen and oxygen atoms in total. The molecule has 0 aromatic heterocycles. The van der Waals surface area contributed by atoms with E-state index in [1.807, 2.05) is 30.3 Å². The number of nitrogens with zero attached hydrogens (tertiary/aromatic N) is 1. The van der Waals surface area contributed by atoms with Gasteiger partial charge in [0.1, 0.15) is 18.2 Å². The summed E-state index contributed by atoms with van der Waals surface area (Å²) in [4.78, 5) is 42.4. The van der Waals surface area contributed by atoms with Gasteiger partial charge in [-0.2, -0.15) is 0 Å². The van der Waals surface area contributed by atoms with Crippen molar-refractivity contribution < 1.29 is 34.4 Å². The van der Waals surface area contributed by atoms with Gasteiger partial charge in [0.2, 0.25) is 5.91 Å². The molecule has 3 fully saturated rings. The molecule has 1 aliphatic heterocycles. The van der Waals surface area contributed by atoms with Crippen molar-refractivity contribution in [3.63, 3.8) is 0 Å². The molecule has 1 saturated heterocycles. The molecule has 2 bridgehead atoms. The second-order valence-corrected chi connectivity index (χ2v) is 13.3. The molecule has 6 unspecified atom stereocenters. The fourth-order valence-electron chi connectivity index (χ4n) is 7.59. The zero-order valence-corrected chi connectivity index (χ0v) is 24.8. The first-order valence-corrected chi connectivity index (χ1v) is 15.2. The summed E-state index contributed by atoms with van der Waals surface area (Å²) in [6.45, 7) is 7.19. The number of aliphatic hydroxyl groups is 1. The number of benzene rings is 2. The minimum Gasteiger partial charge on any atom is -0.504 e. The van der Waals surface area contributed by atoms with E-state index in [-0.39, 0.29) is 53.2 Å². The molecule has 2 saturated carbocycles. The minimum absolute atomic E-state index is 0.0604. The van der Waals surface area contributed by atoms with Crippen LogP contribution >= 0.6 is 0 Å². The van der Waals surface area contributed by atoms with Gasteiger partial charge in [0.15, 0.2) is 17.3 Å². The first-order valence-electron chi connectivity index (χ1n) is 15.2. The average Bonchev–Trinajstić information content (AvgIpc) is 3.58. The van der Waals surface area contributed by atoms with Crippen LogP contribution in [-0.2, 0) is 32.0 Å². The molecule has 1 heterocycles. The van der Waals surface area contributed by atoms with Gasteiger partial charge in [-0.25, -0.2) is 4.79 Å². The summed E-state index contributed by atoms with van der Waals surface area (Å²) < 4.78 is 6.17. The zero-order chi connectivity index (χ0) is 30.2. The molecule has 6 atom stereocenters. The van der Waals surface area contributed by atoms with Crippen LogP contribution in [0.1, 0.15) is 70.4 Å². The molecule has 8 heteroatoms. The van der Waals surface area contributed by atoms with Crippen molar-refractivity contribution in [3.05, 3.63) is 59.7 Å². The van der Waals surface area contributed by atoms with Gasteiger partial charge < -0.3 is 25.0 Å². The number of aromatic hydroxyl groups is 2. The number of carbonyl (C=O) groups excluding carboxylic acids is 3. The van der Waals surface area contributed by atoms with Gasteiger partial charge in [-0.1, -0.05) is 57.2 Å². The van der Waals surface area contributed by atoms with E-state index < -0.39 is 23.8 Å². The number of likely N-dealkylation sites (tertiary alicyclic amines) is 1. The lowest BCUT2D eigenvalue weighted by molar-refractivity contribution is -0.165. The highest BCUT2D eigenvalue weighted by Gasteiger charge is 2.63. The van der Waals surface area contributed by atoms with Crippen LogP contribution in [0.2, 0.25) is 0 Å². The van der Waals surface area contributed by atoms with Crippen molar-refractivity contribution in [3.8, 4) is 11.5 Å². The van der Waals surface area contributed by atoms with Gasteiger partial charge in [0.05, 0.1) is 0 Å².